The Labute approximate surface area is 387 Å². The Balaban J connectivity index is 3.36. The van der Waals surface area contributed by atoms with Crippen LogP contribution in [0.1, 0.15) is 309 Å². The van der Waals surface area contributed by atoms with Gasteiger partial charge in [-0.1, -0.05) is 276 Å². The minimum atomic E-state index is -0.841. The van der Waals surface area contributed by atoms with Crippen molar-refractivity contribution in [1.29, 1.82) is 0 Å². The van der Waals surface area contributed by atoms with E-state index in [2.05, 4.69) is 19.2 Å². The number of nitrogens with one attached hydrogen (secondary N) is 1. The summed E-state index contributed by atoms with van der Waals surface area (Å²) >= 11 is 0. The maximum absolute atomic E-state index is 12.4. The fourth-order valence-corrected chi connectivity index (χ4v) is 8.75. The third-order valence-corrected chi connectivity index (χ3v) is 13.1. The van der Waals surface area contributed by atoms with Crippen LogP contribution in [0.25, 0.3) is 0 Å². The molecule has 0 rings (SSSR count). The van der Waals surface area contributed by atoms with Crippen LogP contribution >= 0.6 is 0 Å². The van der Waals surface area contributed by atoms with Gasteiger partial charge in [-0.2, -0.15) is 0 Å². The van der Waals surface area contributed by atoms with Gasteiger partial charge in [0.15, 0.2) is 0 Å². The van der Waals surface area contributed by atoms with Gasteiger partial charge in [0.05, 0.1) is 25.4 Å². The van der Waals surface area contributed by atoms with Crippen LogP contribution in [0, 0.1) is 0 Å². The van der Waals surface area contributed by atoms with Crippen molar-refractivity contribution in [2.45, 2.75) is 321 Å². The summed E-state index contributed by atoms with van der Waals surface area (Å²) in [5.41, 5.74) is 0. The van der Waals surface area contributed by atoms with Crippen molar-refractivity contribution in [3.05, 3.63) is 12.2 Å². The molecular weight excluding hydrogens is 767 g/mol. The highest BCUT2D eigenvalue weighted by molar-refractivity contribution is 5.76. The molecule has 0 bridgehead atoms. The van der Waals surface area contributed by atoms with Gasteiger partial charge in [-0.15, -0.1) is 0 Å². The minimum absolute atomic E-state index is 0.0146. The molecule has 0 spiro atoms. The van der Waals surface area contributed by atoms with E-state index in [4.69, 9.17) is 4.74 Å². The highest BCUT2D eigenvalue weighted by Crippen LogP contribution is 2.17. The zero-order chi connectivity index (χ0) is 45.1. The molecule has 3 N–H and O–H groups in total. The van der Waals surface area contributed by atoms with E-state index in [1.54, 1.807) is 6.08 Å². The van der Waals surface area contributed by atoms with Crippen molar-refractivity contribution in [2.24, 2.45) is 0 Å². The first-order valence-electron chi connectivity index (χ1n) is 28.0. The number of hydrogen-bond acceptors (Lipinski definition) is 5. The molecule has 368 valence electrons. The molecule has 6 heteroatoms. The summed E-state index contributed by atoms with van der Waals surface area (Å²) < 4.78 is 5.47. The molecule has 0 aromatic rings. The number of esters is 1. The standard InChI is InChI=1S/C56H109NO5/c1-3-5-7-9-11-13-15-30-34-38-42-46-50-56(61)62-51-47-43-39-35-31-28-26-24-22-20-18-16-17-19-21-23-25-27-29-33-37-41-45-49-55(60)57-53(52-58)54(59)48-44-40-36-32-14-12-10-8-6-4-2/h44,48,53-54,58-59H,3-43,45-47,49-52H2,1-2H3,(H,57,60)/b48-44+. The largest absolute Gasteiger partial charge is 0.466 e. The molecule has 0 heterocycles. The summed E-state index contributed by atoms with van der Waals surface area (Å²) in [6.07, 6.45) is 61.0. The number of rotatable bonds is 52. The SMILES string of the molecule is CCCCCCCCCC/C=C/C(O)C(CO)NC(=O)CCCCCCCCCCCCCCCCCCCCCCCCCOC(=O)CCCCCCCCCCCCCC. The quantitative estimate of drug-likeness (QED) is 0.0321. The number of unbranched alkanes of at least 4 members (excludes halogenated alkanes) is 41. The summed E-state index contributed by atoms with van der Waals surface area (Å²) in [6.45, 7) is 4.89. The van der Waals surface area contributed by atoms with Crippen molar-refractivity contribution >= 4 is 11.9 Å². The molecule has 0 fully saturated rings. The van der Waals surface area contributed by atoms with Crippen LogP contribution in [0.15, 0.2) is 12.2 Å². The van der Waals surface area contributed by atoms with Gasteiger partial charge in [0.1, 0.15) is 0 Å². The number of carbonyl (C=O) groups excluding carboxylic acids is 2. The Morgan fingerprint density at radius 3 is 1.10 bits per heavy atom. The van der Waals surface area contributed by atoms with E-state index in [0.717, 1.165) is 38.5 Å². The van der Waals surface area contributed by atoms with Crippen LogP contribution in [0.4, 0.5) is 0 Å². The Kier molecular flexibility index (Phi) is 51.0. The number of aliphatic hydroxyl groups excluding tert-OH is 2. The lowest BCUT2D eigenvalue weighted by Crippen LogP contribution is -2.45. The molecule has 0 aromatic heterocycles. The average molecular weight is 876 g/mol. The monoisotopic (exact) mass is 876 g/mol. The highest BCUT2D eigenvalue weighted by Gasteiger charge is 2.18. The van der Waals surface area contributed by atoms with E-state index in [1.807, 2.05) is 6.08 Å². The lowest BCUT2D eigenvalue weighted by molar-refractivity contribution is -0.143. The van der Waals surface area contributed by atoms with Gasteiger partial charge in [-0.25, -0.2) is 0 Å². The molecule has 6 nitrogen and oxygen atoms in total. The van der Waals surface area contributed by atoms with Crippen LogP contribution < -0.4 is 5.32 Å². The van der Waals surface area contributed by atoms with Crippen LogP contribution in [-0.4, -0.2) is 47.4 Å². The fraction of sp³-hybridized carbons (Fsp3) is 0.929. The number of ether oxygens (including phenoxy) is 1. The van der Waals surface area contributed by atoms with Gasteiger partial charge in [-0.3, -0.25) is 9.59 Å². The van der Waals surface area contributed by atoms with Crippen LogP contribution in [-0.2, 0) is 14.3 Å². The molecule has 0 aliphatic carbocycles. The van der Waals surface area contributed by atoms with Gasteiger partial charge in [-0.05, 0) is 32.1 Å². The Hall–Kier alpha value is -1.40. The van der Waals surface area contributed by atoms with Crippen LogP contribution in [0.2, 0.25) is 0 Å². The minimum Gasteiger partial charge on any atom is -0.466 e. The number of amides is 1. The predicted octanol–water partition coefficient (Wildman–Crippen LogP) is 16.9. The van der Waals surface area contributed by atoms with Crippen molar-refractivity contribution in [1.82, 2.24) is 5.32 Å². The Morgan fingerprint density at radius 2 is 0.742 bits per heavy atom. The second-order valence-electron chi connectivity index (χ2n) is 19.3. The molecule has 2 unspecified atom stereocenters. The van der Waals surface area contributed by atoms with E-state index in [9.17, 15) is 19.8 Å². The third-order valence-electron chi connectivity index (χ3n) is 13.1. The van der Waals surface area contributed by atoms with E-state index in [0.29, 0.717) is 19.4 Å². The molecule has 0 radical (unpaired) electrons. The van der Waals surface area contributed by atoms with E-state index < -0.39 is 12.1 Å². The summed E-state index contributed by atoms with van der Waals surface area (Å²) in [5, 5.41) is 23.0. The van der Waals surface area contributed by atoms with Gasteiger partial charge < -0.3 is 20.3 Å². The Bertz CT molecular complexity index is 924. The summed E-state index contributed by atoms with van der Waals surface area (Å²) in [4.78, 5) is 24.4. The molecule has 0 aromatic carbocycles. The van der Waals surface area contributed by atoms with Crippen LogP contribution in [0.3, 0.4) is 0 Å². The van der Waals surface area contributed by atoms with Crippen LogP contribution in [0.5, 0.6) is 0 Å². The lowest BCUT2D eigenvalue weighted by Gasteiger charge is -2.20. The van der Waals surface area contributed by atoms with E-state index in [1.165, 1.54) is 244 Å². The molecule has 0 saturated heterocycles. The summed E-state index contributed by atoms with van der Waals surface area (Å²) in [5.74, 6) is -0.0538. The van der Waals surface area contributed by atoms with Gasteiger partial charge in [0.25, 0.3) is 0 Å². The lowest BCUT2D eigenvalue weighted by atomic mass is 10.0. The van der Waals surface area contributed by atoms with Gasteiger partial charge in [0.2, 0.25) is 5.91 Å². The average Bonchev–Trinajstić information content (AvgIpc) is 3.27. The maximum Gasteiger partial charge on any atom is 0.305 e. The first-order valence-corrected chi connectivity index (χ1v) is 28.0. The molecule has 0 saturated carbocycles. The van der Waals surface area contributed by atoms with Crippen molar-refractivity contribution in [3.8, 4) is 0 Å². The molecule has 1 amide bonds. The van der Waals surface area contributed by atoms with E-state index in [-0.39, 0.29) is 18.5 Å². The molecule has 0 aliphatic heterocycles. The third kappa shape index (κ3) is 48.1. The normalized spacial score (nSPS) is 12.6. The Morgan fingerprint density at radius 1 is 0.435 bits per heavy atom. The molecule has 2 atom stereocenters. The van der Waals surface area contributed by atoms with E-state index >= 15 is 0 Å². The molecule has 62 heavy (non-hydrogen) atoms. The first-order chi connectivity index (χ1) is 30.5. The predicted molar refractivity (Wildman–Crippen MR) is 269 cm³/mol. The highest BCUT2D eigenvalue weighted by atomic mass is 16.5. The molecule has 0 aliphatic rings. The van der Waals surface area contributed by atoms with Crippen molar-refractivity contribution in [3.63, 3.8) is 0 Å². The number of allylic oxidation sites excluding steroid dienone is 1. The van der Waals surface area contributed by atoms with Gasteiger partial charge >= 0.3 is 5.97 Å². The zero-order valence-electron chi connectivity index (χ0n) is 41.9. The second kappa shape index (κ2) is 52.2. The number of aliphatic hydroxyl groups is 2. The first kappa shape index (κ1) is 60.6. The number of hydrogen-bond donors (Lipinski definition) is 3. The fourth-order valence-electron chi connectivity index (χ4n) is 8.75. The van der Waals surface area contributed by atoms with Crippen molar-refractivity contribution < 1.29 is 24.5 Å². The number of carbonyl (C=O) groups is 2. The molecular formula is C56H109NO5. The maximum atomic E-state index is 12.4. The zero-order valence-corrected chi connectivity index (χ0v) is 41.9. The summed E-state index contributed by atoms with van der Waals surface area (Å²) in [7, 11) is 0. The smallest absolute Gasteiger partial charge is 0.305 e. The second-order valence-corrected chi connectivity index (χ2v) is 19.3. The van der Waals surface area contributed by atoms with Crippen molar-refractivity contribution in [2.75, 3.05) is 13.2 Å². The van der Waals surface area contributed by atoms with Gasteiger partial charge in [0, 0.05) is 12.8 Å². The topological polar surface area (TPSA) is 95.9 Å². The summed E-state index contributed by atoms with van der Waals surface area (Å²) in [6, 6.07) is -0.624.